The molecule has 2 aromatic carbocycles. The summed E-state index contributed by atoms with van der Waals surface area (Å²) in [5.74, 6) is -0.876. The van der Waals surface area contributed by atoms with E-state index in [1.165, 1.54) is 16.2 Å². The number of nitrogens with zero attached hydrogens (tertiary/aromatic N) is 2. The highest BCUT2D eigenvalue weighted by molar-refractivity contribution is 7.15. The Hall–Kier alpha value is -3.26. The predicted molar refractivity (Wildman–Crippen MR) is 119 cm³/mol. The highest BCUT2D eigenvalue weighted by Crippen LogP contribution is 2.32. The van der Waals surface area contributed by atoms with Gasteiger partial charge in [-0.15, -0.1) is 11.3 Å². The lowest BCUT2D eigenvalue weighted by molar-refractivity contribution is -0.133. The second-order valence-corrected chi connectivity index (χ2v) is 9.24. The van der Waals surface area contributed by atoms with Crippen molar-refractivity contribution in [1.29, 1.82) is 0 Å². The summed E-state index contributed by atoms with van der Waals surface area (Å²) < 4.78 is 0. The number of urea groups is 1. The maximum absolute atomic E-state index is 13.2. The van der Waals surface area contributed by atoms with Gasteiger partial charge in [0.05, 0.1) is 5.69 Å². The van der Waals surface area contributed by atoms with Gasteiger partial charge in [-0.1, -0.05) is 36.4 Å². The maximum Gasteiger partial charge on any atom is 0.325 e. The molecule has 158 valence electrons. The minimum absolute atomic E-state index is 0.349. The Balaban J connectivity index is 1.33. The number of anilines is 1. The van der Waals surface area contributed by atoms with Crippen LogP contribution in [0.25, 0.3) is 10.8 Å². The zero-order valence-electron chi connectivity index (χ0n) is 17.1. The normalized spacial score (nSPS) is 20.6. The monoisotopic (exact) mass is 434 g/mol. The van der Waals surface area contributed by atoms with Crippen LogP contribution >= 0.6 is 11.3 Å². The van der Waals surface area contributed by atoms with Gasteiger partial charge in [0, 0.05) is 4.88 Å². The molecular formula is C23H22N4O3S. The Morgan fingerprint density at radius 2 is 1.94 bits per heavy atom. The first-order valence-electron chi connectivity index (χ1n) is 10.4. The molecule has 2 N–H and O–H groups in total. The van der Waals surface area contributed by atoms with E-state index in [1.807, 2.05) is 42.5 Å². The standard InChI is InChI=1S/C23H22N4O3S/c1-23(16-11-10-14-6-2-3-7-15(14)12-16)20(29)27(22(30)26-23)13-19(28)25-21-24-17-8-4-5-9-18(17)31-21/h2-3,6-7,10-12H,4-5,8-9,13H2,1H3,(H,26,30)(H,24,25,28). The van der Waals surface area contributed by atoms with Crippen LogP contribution in [0.5, 0.6) is 0 Å². The number of thiazole rings is 1. The van der Waals surface area contributed by atoms with Crippen LogP contribution in [0.2, 0.25) is 0 Å². The lowest BCUT2D eigenvalue weighted by Gasteiger charge is -2.22. The number of rotatable bonds is 4. The number of hydrogen-bond donors (Lipinski definition) is 2. The van der Waals surface area contributed by atoms with Gasteiger partial charge >= 0.3 is 6.03 Å². The molecule has 0 saturated carbocycles. The van der Waals surface area contributed by atoms with Crippen LogP contribution in [0.15, 0.2) is 42.5 Å². The quantitative estimate of drug-likeness (QED) is 0.614. The highest BCUT2D eigenvalue weighted by atomic mass is 32.1. The molecule has 1 unspecified atom stereocenters. The Morgan fingerprint density at radius 1 is 1.16 bits per heavy atom. The number of hydrogen-bond acceptors (Lipinski definition) is 5. The zero-order valence-corrected chi connectivity index (χ0v) is 17.9. The lowest BCUT2D eigenvalue weighted by Crippen LogP contribution is -2.42. The van der Waals surface area contributed by atoms with Crippen molar-refractivity contribution in [3.63, 3.8) is 0 Å². The van der Waals surface area contributed by atoms with Crippen molar-refractivity contribution in [2.45, 2.75) is 38.1 Å². The second kappa shape index (κ2) is 7.46. The molecule has 2 heterocycles. The molecule has 7 nitrogen and oxygen atoms in total. The van der Waals surface area contributed by atoms with Crippen molar-refractivity contribution in [2.75, 3.05) is 11.9 Å². The van der Waals surface area contributed by atoms with Gasteiger partial charge in [-0.3, -0.25) is 14.5 Å². The third-order valence-electron chi connectivity index (χ3n) is 6.00. The van der Waals surface area contributed by atoms with E-state index >= 15 is 0 Å². The van der Waals surface area contributed by atoms with Gasteiger partial charge < -0.3 is 10.6 Å². The Kier molecular flexibility index (Phi) is 4.74. The number of carbonyl (C=O) groups excluding carboxylic acids is 3. The SMILES string of the molecule is CC1(c2ccc3ccccc3c2)NC(=O)N(CC(=O)Nc2nc3c(s2)CCCC3)C1=O. The molecule has 0 radical (unpaired) electrons. The molecule has 1 aromatic heterocycles. The predicted octanol–water partition coefficient (Wildman–Crippen LogP) is 3.58. The molecule has 1 aliphatic carbocycles. The number of imide groups is 1. The summed E-state index contributed by atoms with van der Waals surface area (Å²) >= 11 is 1.47. The minimum Gasteiger partial charge on any atom is -0.319 e. The molecule has 1 atom stereocenters. The number of fused-ring (bicyclic) bond motifs is 2. The molecule has 1 aliphatic heterocycles. The van der Waals surface area contributed by atoms with Gasteiger partial charge in [0.25, 0.3) is 5.91 Å². The third kappa shape index (κ3) is 3.46. The molecule has 1 fully saturated rings. The Labute approximate surface area is 183 Å². The lowest BCUT2D eigenvalue weighted by atomic mass is 9.90. The molecule has 4 amide bonds. The van der Waals surface area contributed by atoms with Crippen LogP contribution in [0.1, 0.15) is 35.9 Å². The molecule has 3 aromatic rings. The summed E-state index contributed by atoms with van der Waals surface area (Å²) in [6, 6.07) is 12.9. The number of amides is 4. The van der Waals surface area contributed by atoms with E-state index in [9.17, 15) is 14.4 Å². The second-order valence-electron chi connectivity index (χ2n) is 8.15. The van der Waals surface area contributed by atoms with E-state index in [0.29, 0.717) is 10.7 Å². The first-order chi connectivity index (χ1) is 14.9. The van der Waals surface area contributed by atoms with Gasteiger partial charge in [0.2, 0.25) is 5.91 Å². The fourth-order valence-electron chi connectivity index (χ4n) is 4.24. The number of aryl methyl sites for hydroxylation is 2. The molecule has 31 heavy (non-hydrogen) atoms. The Morgan fingerprint density at radius 3 is 2.74 bits per heavy atom. The summed E-state index contributed by atoms with van der Waals surface area (Å²) in [5, 5.41) is 8.08. The van der Waals surface area contributed by atoms with E-state index in [4.69, 9.17) is 0 Å². The highest BCUT2D eigenvalue weighted by Gasteiger charge is 2.49. The molecule has 0 bridgehead atoms. The largest absolute Gasteiger partial charge is 0.325 e. The van der Waals surface area contributed by atoms with E-state index in [2.05, 4.69) is 15.6 Å². The zero-order chi connectivity index (χ0) is 21.6. The molecule has 5 rings (SSSR count). The van der Waals surface area contributed by atoms with Crippen molar-refractivity contribution in [3.8, 4) is 0 Å². The first-order valence-corrected chi connectivity index (χ1v) is 11.2. The average Bonchev–Trinajstić information content (AvgIpc) is 3.27. The van der Waals surface area contributed by atoms with Crippen molar-refractivity contribution >= 4 is 45.1 Å². The third-order valence-corrected chi connectivity index (χ3v) is 7.07. The summed E-state index contributed by atoms with van der Waals surface area (Å²) in [7, 11) is 0. The summed E-state index contributed by atoms with van der Waals surface area (Å²) in [4.78, 5) is 45.0. The van der Waals surface area contributed by atoms with Gasteiger partial charge in [-0.05, 0) is 55.0 Å². The number of carbonyl (C=O) groups is 3. The summed E-state index contributed by atoms with van der Waals surface area (Å²) in [6.07, 6.45) is 4.16. The van der Waals surface area contributed by atoms with Crippen LogP contribution in [0, 0.1) is 0 Å². The molecule has 8 heteroatoms. The van der Waals surface area contributed by atoms with Crippen LogP contribution < -0.4 is 10.6 Å². The number of nitrogens with one attached hydrogen (secondary N) is 2. The average molecular weight is 435 g/mol. The smallest absolute Gasteiger partial charge is 0.319 e. The fraction of sp³-hybridized carbons (Fsp3) is 0.304. The van der Waals surface area contributed by atoms with Crippen LogP contribution in [0.3, 0.4) is 0 Å². The van der Waals surface area contributed by atoms with Crippen molar-refractivity contribution < 1.29 is 14.4 Å². The van der Waals surface area contributed by atoms with E-state index in [0.717, 1.165) is 47.0 Å². The van der Waals surface area contributed by atoms with Gasteiger partial charge in [-0.2, -0.15) is 0 Å². The first kappa shape index (κ1) is 19.7. The van der Waals surface area contributed by atoms with Crippen LogP contribution in [-0.4, -0.2) is 34.3 Å². The molecule has 0 spiro atoms. The fourth-order valence-corrected chi connectivity index (χ4v) is 5.31. The van der Waals surface area contributed by atoms with Gasteiger partial charge in [0.15, 0.2) is 5.13 Å². The molecule has 2 aliphatic rings. The van der Waals surface area contributed by atoms with Gasteiger partial charge in [-0.25, -0.2) is 9.78 Å². The summed E-state index contributed by atoms with van der Waals surface area (Å²) in [6.45, 7) is 1.32. The van der Waals surface area contributed by atoms with Crippen molar-refractivity contribution in [2.24, 2.45) is 0 Å². The number of aromatic nitrogens is 1. The summed E-state index contributed by atoms with van der Waals surface area (Å²) in [5.41, 5.74) is 0.507. The molecular weight excluding hydrogens is 412 g/mol. The van der Waals surface area contributed by atoms with Crippen LogP contribution in [-0.2, 0) is 28.0 Å². The maximum atomic E-state index is 13.2. The number of benzene rings is 2. The van der Waals surface area contributed by atoms with Gasteiger partial charge in [0.1, 0.15) is 12.1 Å². The van der Waals surface area contributed by atoms with Crippen molar-refractivity contribution in [1.82, 2.24) is 15.2 Å². The van der Waals surface area contributed by atoms with E-state index in [1.54, 1.807) is 6.92 Å². The van der Waals surface area contributed by atoms with E-state index < -0.39 is 23.4 Å². The molecule has 1 saturated heterocycles. The minimum atomic E-state index is -1.22. The van der Waals surface area contributed by atoms with E-state index in [-0.39, 0.29) is 6.54 Å². The van der Waals surface area contributed by atoms with Crippen LogP contribution in [0.4, 0.5) is 9.93 Å². The van der Waals surface area contributed by atoms with Crippen molar-refractivity contribution in [3.05, 3.63) is 58.6 Å². The Bertz CT molecular complexity index is 1200. The topological polar surface area (TPSA) is 91.4 Å².